The lowest BCUT2D eigenvalue weighted by Gasteiger charge is -2.22. The van der Waals surface area contributed by atoms with Crippen LogP contribution in [-0.4, -0.2) is 59.5 Å². The zero-order chi connectivity index (χ0) is 20.0. The molecule has 1 amide bonds. The van der Waals surface area contributed by atoms with Crippen LogP contribution in [0.1, 0.15) is 19.3 Å². The number of aliphatic carboxylic acids is 1. The standard InChI is InChI=1S/C16H17ClF2N2O5S/c17-9-1-2-13(20-7-9)27(25,26)10-5-11(12(6-10)15(23)24)14(22)21-4-3-16(18,19)8-21/h1-2,7,10-12H,3-6,8H2,(H,23,24)/t10?,11-,12-/m1/s1. The summed E-state index contributed by atoms with van der Waals surface area (Å²) < 4.78 is 52.3. The van der Waals surface area contributed by atoms with Crippen molar-refractivity contribution in [3.05, 3.63) is 23.4 Å². The number of carbonyl (C=O) groups excluding carboxylic acids is 1. The number of pyridine rings is 1. The first-order valence-corrected chi connectivity index (χ1v) is 10.2. The van der Waals surface area contributed by atoms with Gasteiger partial charge in [-0.05, 0) is 25.0 Å². The van der Waals surface area contributed by atoms with E-state index < -0.39 is 57.7 Å². The maximum Gasteiger partial charge on any atom is 0.307 e. The third-order valence-electron chi connectivity index (χ3n) is 5.07. The molecule has 1 saturated carbocycles. The predicted molar refractivity (Wildman–Crippen MR) is 90.2 cm³/mol. The number of likely N-dealkylation sites (tertiary alicyclic amines) is 1. The summed E-state index contributed by atoms with van der Waals surface area (Å²) in [4.78, 5) is 28.9. The number of alkyl halides is 2. The summed E-state index contributed by atoms with van der Waals surface area (Å²) in [6.07, 6.45) is 0.153. The van der Waals surface area contributed by atoms with Crippen molar-refractivity contribution in [1.82, 2.24) is 9.88 Å². The molecule has 148 valence electrons. The SMILES string of the molecule is O=C(O)[C@@H]1CC(S(=O)(=O)c2ccc(Cl)cn2)C[C@H]1C(=O)N1CCC(F)(F)C1. The summed E-state index contributed by atoms with van der Waals surface area (Å²) in [5.74, 6) is -7.48. The smallest absolute Gasteiger partial charge is 0.307 e. The van der Waals surface area contributed by atoms with E-state index in [0.29, 0.717) is 0 Å². The number of halogens is 3. The number of aromatic nitrogens is 1. The first-order chi connectivity index (χ1) is 12.5. The van der Waals surface area contributed by atoms with E-state index in [1.807, 2.05) is 0 Å². The molecule has 0 radical (unpaired) electrons. The highest BCUT2D eigenvalue weighted by atomic mass is 35.5. The van der Waals surface area contributed by atoms with E-state index in [1.54, 1.807) is 0 Å². The van der Waals surface area contributed by atoms with Gasteiger partial charge in [0, 0.05) is 19.2 Å². The number of hydrogen-bond acceptors (Lipinski definition) is 5. The van der Waals surface area contributed by atoms with E-state index in [-0.39, 0.29) is 29.4 Å². The van der Waals surface area contributed by atoms with Crippen molar-refractivity contribution in [3.8, 4) is 0 Å². The van der Waals surface area contributed by atoms with E-state index in [9.17, 15) is 31.9 Å². The first kappa shape index (κ1) is 19.9. The molecule has 2 aliphatic rings. The van der Waals surface area contributed by atoms with E-state index in [1.165, 1.54) is 12.1 Å². The molecule has 0 spiro atoms. The van der Waals surface area contributed by atoms with E-state index in [4.69, 9.17) is 11.6 Å². The topological polar surface area (TPSA) is 105 Å². The van der Waals surface area contributed by atoms with Gasteiger partial charge in [-0.2, -0.15) is 0 Å². The van der Waals surface area contributed by atoms with Crippen LogP contribution < -0.4 is 0 Å². The lowest BCUT2D eigenvalue weighted by atomic mass is 9.95. The van der Waals surface area contributed by atoms with Crippen LogP contribution in [0.5, 0.6) is 0 Å². The molecule has 1 aliphatic heterocycles. The molecule has 2 fully saturated rings. The normalized spacial score (nSPS) is 27.7. The summed E-state index contributed by atoms with van der Waals surface area (Å²) in [5.41, 5.74) is 0. The van der Waals surface area contributed by atoms with Crippen molar-refractivity contribution in [2.75, 3.05) is 13.1 Å². The molecule has 3 atom stereocenters. The summed E-state index contributed by atoms with van der Waals surface area (Å²) in [6, 6.07) is 2.56. The highest BCUT2D eigenvalue weighted by Gasteiger charge is 2.51. The lowest BCUT2D eigenvalue weighted by molar-refractivity contribution is -0.149. The Morgan fingerprint density at radius 3 is 2.44 bits per heavy atom. The van der Waals surface area contributed by atoms with Gasteiger partial charge in [0.25, 0.3) is 5.92 Å². The van der Waals surface area contributed by atoms with Crippen LogP contribution in [0.2, 0.25) is 5.02 Å². The van der Waals surface area contributed by atoms with Crippen LogP contribution in [-0.2, 0) is 19.4 Å². The molecule has 11 heteroatoms. The molecule has 1 saturated heterocycles. The highest BCUT2D eigenvalue weighted by molar-refractivity contribution is 7.92. The minimum atomic E-state index is -3.99. The number of hydrogen-bond donors (Lipinski definition) is 1. The van der Waals surface area contributed by atoms with Gasteiger partial charge in [-0.25, -0.2) is 22.2 Å². The molecule has 1 N–H and O–H groups in total. The molecule has 1 unspecified atom stereocenters. The lowest BCUT2D eigenvalue weighted by Crippen LogP contribution is -2.39. The number of sulfone groups is 1. The second-order valence-electron chi connectivity index (χ2n) is 6.87. The number of nitrogens with zero attached hydrogens (tertiary/aromatic N) is 2. The van der Waals surface area contributed by atoms with Gasteiger partial charge < -0.3 is 10.0 Å². The van der Waals surface area contributed by atoms with Crippen molar-refractivity contribution in [1.29, 1.82) is 0 Å². The van der Waals surface area contributed by atoms with Gasteiger partial charge >= 0.3 is 5.97 Å². The first-order valence-electron chi connectivity index (χ1n) is 8.26. The van der Waals surface area contributed by atoms with Crippen molar-refractivity contribution in [2.45, 2.75) is 35.5 Å². The second kappa shape index (κ2) is 6.97. The summed E-state index contributed by atoms with van der Waals surface area (Å²) in [5, 5.41) is 8.27. The Kier molecular flexibility index (Phi) is 5.15. The average molecular weight is 423 g/mol. The number of rotatable bonds is 4. The quantitative estimate of drug-likeness (QED) is 0.794. The Balaban J connectivity index is 1.83. The molecule has 7 nitrogen and oxygen atoms in total. The van der Waals surface area contributed by atoms with E-state index in [0.717, 1.165) is 11.1 Å². The molecule has 2 heterocycles. The van der Waals surface area contributed by atoms with Gasteiger partial charge in [0.05, 0.1) is 28.7 Å². The zero-order valence-electron chi connectivity index (χ0n) is 14.0. The van der Waals surface area contributed by atoms with Gasteiger partial charge in [0.15, 0.2) is 14.9 Å². The maximum absolute atomic E-state index is 13.4. The van der Waals surface area contributed by atoms with Gasteiger partial charge in [0.1, 0.15) is 0 Å². The van der Waals surface area contributed by atoms with E-state index >= 15 is 0 Å². The minimum absolute atomic E-state index is 0.176. The van der Waals surface area contributed by atoms with Gasteiger partial charge in [-0.15, -0.1) is 0 Å². The van der Waals surface area contributed by atoms with Crippen LogP contribution in [0.4, 0.5) is 8.78 Å². The van der Waals surface area contributed by atoms with Crippen LogP contribution in [0.15, 0.2) is 23.4 Å². The fourth-order valence-corrected chi connectivity index (χ4v) is 5.48. The van der Waals surface area contributed by atoms with Gasteiger partial charge in [-0.3, -0.25) is 9.59 Å². The number of amides is 1. The predicted octanol–water partition coefficient (Wildman–Crippen LogP) is 1.86. The van der Waals surface area contributed by atoms with Crippen molar-refractivity contribution < 1.29 is 31.9 Å². The molecule has 3 rings (SSSR count). The van der Waals surface area contributed by atoms with Crippen LogP contribution in [0.25, 0.3) is 0 Å². The zero-order valence-corrected chi connectivity index (χ0v) is 15.6. The third kappa shape index (κ3) is 3.91. The van der Waals surface area contributed by atoms with Crippen molar-refractivity contribution in [2.24, 2.45) is 11.8 Å². The maximum atomic E-state index is 13.4. The van der Waals surface area contributed by atoms with Crippen LogP contribution >= 0.6 is 11.6 Å². The molecule has 27 heavy (non-hydrogen) atoms. The highest BCUT2D eigenvalue weighted by Crippen LogP contribution is 2.40. The van der Waals surface area contributed by atoms with Crippen LogP contribution in [0.3, 0.4) is 0 Å². The molecule has 0 aromatic carbocycles. The van der Waals surface area contributed by atoms with Crippen LogP contribution in [0, 0.1) is 11.8 Å². The monoisotopic (exact) mass is 422 g/mol. The molecular weight excluding hydrogens is 406 g/mol. The Hall–Kier alpha value is -1.81. The summed E-state index contributed by atoms with van der Waals surface area (Å²) in [6.45, 7) is -0.949. The number of carboxylic acids is 1. The Labute approximate surface area is 159 Å². The van der Waals surface area contributed by atoms with Crippen molar-refractivity contribution in [3.63, 3.8) is 0 Å². The molecule has 0 bridgehead atoms. The number of carboxylic acid groups (broad SMARTS) is 1. The number of carbonyl (C=O) groups is 2. The Morgan fingerprint density at radius 1 is 1.26 bits per heavy atom. The fourth-order valence-electron chi connectivity index (χ4n) is 3.65. The summed E-state index contributed by atoms with van der Waals surface area (Å²) >= 11 is 5.70. The largest absolute Gasteiger partial charge is 0.481 e. The fraction of sp³-hybridized carbons (Fsp3) is 0.562. The molecular formula is C16H17ClF2N2O5S. The van der Waals surface area contributed by atoms with E-state index in [2.05, 4.69) is 4.98 Å². The minimum Gasteiger partial charge on any atom is -0.481 e. The molecule has 1 aromatic heterocycles. The molecule has 1 aromatic rings. The second-order valence-corrected chi connectivity index (χ2v) is 9.48. The van der Waals surface area contributed by atoms with Gasteiger partial charge in [0.2, 0.25) is 5.91 Å². The third-order valence-corrected chi connectivity index (χ3v) is 7.38. The van der Waals surface area contributed by atoms with Crippen molar-refractivity contribution >= 4 is 33.3 Å². The molecule has 1 aliphatic carbocycles. The Bertz CT molecular complexity index is 862. The van der Waals surface area contributed by atoms with Gasteiger partial charge in [-0.1, -0.05) is 11.6 Å². The summed E-state index contributed by atoms with van der Waals surface area (Å²) in [7, 11) is -3.99. The average Bonchev–Trinajstić information content (AvgIpc) is 3.18. The Morgan fingerprint density at radius 2 is 1.93 bits per heavy atom.